The van der Waals surface area contributed by atoms with Gasteiger partial charge in [-0.3, -0.25) is 0 Å². The Morgan fingerprint density at radius 1 is 1.12 bits per heavy atom. The molecule has 122 valence electrons. The summed E-state index contributed by atoms with van der Waals surface area (Å²) >= 11 is 9.62. The van der Waals surface area contributed by atoms with Gasteiger partial charge in [0.05, 0.1) is 10.0 Å². The standard InChI is InChI=1S/C19H17ClN2S2/c1-22-11-10-13-12-18(21-24-17-9-5-3-7-15(17)20)23-19(13)14-6-2-4-8-16(14)22/h2-9,12,21H,10-11H2,1H3. The number of thiophene rings is 1. The molecule has 4 rings (SSSR count). The Morgan fingerprint density at radius 3 is 2.79 bits per heavy atom. The lowest BCUT2D eigenvalue weighted by Gasteiger charge is -2.18. The van der Waals surface area contributed by atoms with Gasteiger partial charge in [0.25, 0.3) is 0 Å². The highest BCUT2D eigenvalue weighted by molar-refractivity contribution is 8.00. The number of para-hydroxylation sites is 1. The van der Waals surface area contributed by atoms with E-state index in [0.29, 0.717) is 0 Å². The van der Waals surface area contributed by atoms with Gasteiger partial charge in [0, 0.05) is 34.6 Å². The predicted octanol–water partition coefficient (Wildman–Crippen LogP) is 6.18. The van der Waals surface area contributed by atoms with Crippen LogP contribution < -0.4 is 9.62 Å². The van der Waals surface area contributed by atoms with E-state index in [9.17, 15) is 0 Å². The average molecular weight is 373 g/mol. The van der Waals surface area contributed by atoms with Crippen molar-refractivity contribution in [2.24, 2.45) is 0 Å². The number of halogens is 1. The fourth-order valence-electron chi connectivity index (χ4n) is 2.93. The van der Waals surface area contributed by atoms with Crippen LogP contribution in [-0.4, -0.2) is 13.6 Å². The van der Waals surface area contributed by atoms with Crippen LogP contribution in [0.3, 0.4) is 0 Å². The molecule has 0 aliphatic carbocycles. The molecule has 1 aliphatic heterocycles. The molecule has 0 fully saturated rings. The van der Waals surface area contributed by atoms with Crippen molar-refractivity contribution < 1.29 is 0 Å². The summed E-state index contributed by atoms with van der Waals surface area (Å²) in [5.41, 5.74) is 4.05. The van der Waals surface area contributed by atoms with E-state index in [-0.39, 0.29) is 0 Å². The van der Waals surface area contributed by atoms with Crippen LogP contribution in [0.1, 0.15) is 5.56 Å². The molecular formula is C19H17ClN2S2. The molecule has 1 N–H and O–H groups in total. The number of rotatable bonds is 3. The highest BCUT2D eigenvalue weighted by Crippen LogP contribution is 2.43. The highest BCUT2D eigenvalue weighted by atomic mass is 35.5. The first-order valence-electron chi connectivity index (χ1n) is 7.83. The van der Waals surface area contributed by atoms with E-state index < -0.39 is 0 Å². The van der Waals surface area contributed by atoms with E-state index in [1.54, 1.807) is 11.9 Å². The molecule has 5 heteroatoms. The lowest BCUT2D eigenvalue weighted by Crippen LogP contribution is -2.18. The van der Waals surface area contributed by atoms with Crippen molar-refractivity contribution >= 4 is 45.6 Å². The smallest absolute Gasteiger partial charge is 0.0993 e. The van der Waals surface area contributed by atoms with Crippen molar-refractivity contribution in [3.8, 4) is 10.4 Å². The number of fused-ring (bicyclic) bond motifs is 3. The molecular weight excluding hydrogens is 356 g/mol. The first-order valence-corrected chi connectivity index (χ1v) is 9.84. The lowest BCUT2D eigenvalue weighted by molar-refractivity contribution is 0.891. The predicted molar refractivity (Wildman–Crippen MR) is 108 cm³/mol. The summed E-state index contributed by atoms with van der Waals surface area (Å²) in [5.74, 6) is 0. The first-order chi connectivity index (χ1) is 11.7. The molecule has 0 bridgehead atoms. The van der Waals surface area contributed by atoms with Gasteiger partial charge < -0.3 is 9.62 Å². The third kappa shape index (κ3) is 3.02. The Balaban J connectivity index is 1.63. The van der Waals surface area contributed by atoms with Gasteiger partial charge >= 0.3 is 0 Å². The number of anilines is 2. The maximum absolute atomic E-state index is 6.23. The SMILES string of the molecule is CN1CCc2cc(NSc3ccccc3Cl)sc2-c2ccccc21. The maximum atomic E-state index is 6.23. The second-order valence-electron chi connectivity index (χ2n) is 5.79. The molecule has 0 atom stereocenters. The molecule has 2 nitrogen and oxygen atoms in total. The molecule has 2 aromatic carbocycles. The molecule has 1 aliphatic rings. The normalized spacial score (nSPS) is 13.2. The molecule has 0 saturated carbocycles. The first kappa shape index (κ1) is 15.9. The zero-order valence-electron chi connectivity index (χ0n) is 13.3. The third-order valence-electron chi connectivity index (χ3n) is 4.18. The summed E-state index contributed by atoms with van der Waals surface area (Å²) in [4.78, 5) is 4.76. The van der Waals surface area contributed by atoms with Gasteiger partial charge in [-0.05, 0) is 48.2 Å². The van der Waals surface area contributed by atoms with E-state index in [4.69, 9.17) is 11.6 Å². The molecule has 0 spiro atoms. The van der Waals surface area contributed by atoms with Gasteiger partial charge in [-0.25, -0.2) is 0 Å². The van der Waals surface area contributed by atoms with Crippen LogP contribution in [0.4, 0.5) is 10.7 Å². The zero-order chi connectivity index (χ0) is 16.5. The quantitative estimate of drug-likeness (QED) is 0.552. The van der Waals surface area contributed by atoms with Gasteiger partial charge in [-0.1, -0.05) is 41.9 Å². The van der Waals surface area contributed by atoms with Crippen molar-refractivity contribution in [3.63, 3.8) is 0 Å². The molecule has 0 radical (unpaired) electrons. The van der Waals surface area contributed by atoms with Crippen molar-refractivity contribution in [1.82, 2.24) is 0 Å². The van der Waals surface area contributed by atoms with Crippen molar-refractivity contribution in [2.75, 3.05) is 23.2 Å². The van der Waals surface area contributed by atoms with E-state index in [1.807, 2.05) is 35.6 Å². The van der Waals surface area contributed by atoms with Crippen LogP contribution in [0.25, 0.3) is 10.4 Å². The van der Waals surface area contributed by atoms with Crippen molar-refractivity contribution in [1.29, 1.82) is 0 Å². The van der Waals surface area contributed by atoms with Crippen LogP contribution in [0.5, 0.6) is 0 Å². The molecule has 2 heterocycles. The molecule has 0 amide bonds. The summed E-state index contributed by atoms with van der Waals surface area (Å²) < 4.78 is 3.46. The van der Waals surface area contributed by atoms with E-state index >= 15 is 0 Å². The van der Waals surface area contributed by atoms with Gasteiger partial charge in [-0.15, -0.1) is 11.3 Å². The fourth-order valence-corrected chi connectivity index (χ4v) is 5.05. The Morgan fingerprint density at radius 2 is 1.92 bits per heavy atom. The minimum absolute atomic E-state index is 0.778. The number of likely N-dealkylation sites (N-methyl/N-ethyl adjacent to an activating group) is 1. The summed E-state index contributed by atoms with van der Waals surface area (Å²) in [7, 11) is 2.17. The number of nitrogens with zero attached hydrogens (tertiary/aromatic N) is 1. The largest absolute Gasteiger partial charge is 0.374 e. The average Bonchev–Trinajstić information content (AvgIpc) is 2.97. The van der Waals surface area contributed by atoms with E-state index in [0.717, 1.165) is 22.9 Å². The van der Waals surface area contributed by atoms with Crippen LogP contribution in [-0.2, 0) is 6.42 Å². The molecule has 0 saturated heterocycles. The molecule has 3 aromatic rings. The summed E-state index contributed by atoms with van der Waals surface area (Å²) in [5, 5.41) is 1.95. The van der Waals surface area contributed by atoms with Crippen molar-refractivity contribution in [2.45, 2.75) is 11.3 Å². The lowest BCUT2D eigenvalue weighted by atomic mass is 10.1. The van der Waals surface area contributed by atoms with Crippen LogP contribution in [0.2, 0.25) is 5.02 Å². The Bertz CT molecular complexity index is 875. The van der Waals surface area contributed by atoms with Gasteiger partial charge in [0.2, 0.25) is 0 Å². The molecule has 1 aromatic heterocycles. The number of benzene rings is 2. The Labute approximate surface area is 155 Å². The van der Waals surface area contributed by atoms with Gasteiger partial charge in [-0.2, -0.15) is 0 Å². The summed E-state index contributed by atoms with van der Waals surface area (Å²) in [6.07, 6.45) is 1.06. The fraction of sp³-hybridized carbons (Fsp3) is 0.158. The molecule has 24 heavy (non-hydrogen) atoms. The van der Waals surface area contributed by atoms with Gasteiger partial charge in [0.15, 0.2) is 0 Å². The van der Waals surface area contributed by atoms with Crippen LogP contribution >= 0.6 is 34.9 Å². The topological polar surface area (TPSA) is 15.3 Å². The second kappa shape index (κ2) is 6.71. The van der Waals surface area contributed by atoms with E-state index in [1.165, 1.54) is 26.7 Å². The van der Waals surface area contributed by atoms with Crippen LogP contribution in [0.15, 0.2) is 59.5 Å². The molecule has 0 unspecified atom stereocenters. The van der Waals surface area contributed by atoms with Crippen molar-refractivity contribution in [3.05, 3.63) is 65.2 Å². The summed E-state index contributed by atoms with van der Waals surface area (Å²) in [6, 6.07) is 18.8. The highest BCUT2D eigenvalue weighted by Gasteiger charge is 2.20. The summed E-state index contributed by atoms with van der Waals surface area (Å²) in [6.45, 7) is 1.04. The Kier molecular flexibility index (Phi) is 4.44. The number of hydrogen-bond donors (Lipinski definition) is 1. The minimum Gasteiger partial charge on any atom is -0.374 e. The zero-order valence-corrected chi connectivity index (χ0v) is 15.6. The monoisotopic (exact) mass is 372 g/mol. The second-order valence-corrected chi connectivity index (χ2v) is 8.10. The maximum Gasteiger partial charge on any atom is 0.0993 e. The number of nitrogens with one attached hydrogen (secondary N) is 1. The minimum atomic E-state index is 0.778. The Hall–Kier alpha value is -1.62. The van der Waals surface area contributed by atoms with E-state index in [2.05, 4.69) is 47.0 Å². The third-order valence-corrected chi connectivity index (χ3v) is 6.78. The van der Waals surface area contributed by atoms with Gasteiger partial charge in [0.1, 0.15) is 0 Å². The van der Waals surface area contributed by atoms with Crippen LogP contribution in [0, 0.1) is 0 Å². The number of hydrogen-bond acceptors (Lipinski definition) is 4.